The van der Waals surface area contributed by atoms with Gasteiger partial charge in [-0.25, -0.2) is 4.98 Å². The number of hydrogen-bond donors (Lipinski definition) is 2. The van der Waals surface area contributed by atoms with Crippen molar-refractivity contribution in [2.45, 2.75) is 51.6 Å². The van der Waals surface area contributed by atoms with Crippen molar-refractivity contribution in [3.63, 3.8) is 0 Å². The number of carbonyl (C=O) groups is 1. The van der Waals surface area contributed by atoms with E-state index in [1.54, 1.807) is 0 Å². The first-order valence-electron chi connectivity index (χ1n) is 12.3. The summed E-state index contributed by atoms with van der Waals surface area (Å²) < 4.78 is 0. The van der Waals surface area contributed by atoms with Crippen molar-refractivity contribution in [3.8, 4) is 0 Å². The number of hydrogen-bond acceptors (Lipinski definition) is 4. The van der Waals surface area contributed by atoms with Gasteiger partial charge in [0.05, 0.1) is 0 Å². The van der Waals surface area contributed by atoms with Gasteiger partial charge in [-0.1, -0.05) is 30.3 Å². The third-order valence-corrected chi connectivity index (χ3v) is 6.46. The molecule has 0 unspecified atom stereocenters. The highest BCUT2D eigenvalue weighted by Gasteiger charge is 2.21. The number of amides is 1. The predicted molar refractivity (Wildman–Crippen MR) is 133 cm³/mol. The minimum Gasteiger partial charge on any atom is -0.357 e. The molecule has 4 rings (SSSR count). The quantitative estimate of drug-likeness (QED) is 0.387. The van der Waals surface area contributed by atoms with Crippen molar-refractivity contribution in [1.29, 1.82) is 0 Å². The number of aromatic nitrogens is 1. The third-order valence-electron chi connectivity index (χ3n) is 6.46. The molecule has 1 fully saturated rings. The van der Waals surface area contributed by atoms with Gasteiger partial charge in [0.15, 0.2) is 5.96 Å². The van der Waals surface area contributed by atoms with Crippen molar-refractivity contribution >= 4 is 17.7 Å². The summed E-state index contributed by atoms with van der Waals surface area (Å²) in [6.07, 6.45) is 6.23. The fraction of sp³-hybridized carbons (Fsp3) is 0.500. The van der Waals surface area contributed by atoms with Gasteiger partial charge < -0.3 is 20.4 Å². The molecular weight excluding hydrogens is 412 g/mol. The van der Waals surface area contributed by atoms with E-state index in [4.69, 9.17) is 4.99 Å². The number of piperidine rings is 1. The van der Waals surface area contributed by atoms with Crippen LogP contribution in [0.25, 0.3) is 0 Å². The number of anilines is 1. The summed E-state index contributed by atoms with van der Waals surface area (Å²) in [7, 11) is 0. The smallest absolute Gasteiger partial charge is 0.222 e. The summed E-state index contributed by atoms with van der Waals surface area (Å²) in [5.74, 6) is 2.14. The van der Waals surface area contributed by atoms with E-state index in [0.29, 0.717) is 19.0 Å². The molecule has 2 aliphatic heterocycles. The molecule has 0 bridgehead atoms. The van der Waals surface area contributed by atoms with Gasteiger partial charge in [-0.2, -0.15) is 0 Å². The Labute approximate surface area is 197 Å². The number of pyridine rings is 1. The van der Waals surface area contributed by atoms with E-state index in [1.807, 2.05) is 23.2 Å². The second kappa shape index (κ2) is 11.7. The Bertz CT molecular complexity index is 923. The van der Waals surface area contributed by atoms with Gasteiger partial charge in [0.25, 0.3) is 0 Å². The number of nitrogens with one attached hydrogen (secondary N) is 2. The van der Waals surface area contributed by atoms with Crippen LogP contribution in [0.3, 0.4) is 0 Å². The van der Waals surface area contributed by atoms with E-state index in [2.05, 4.69) is 57.8 Å². The van der Waals surface area contributed by atoms with Crippen molar-refractivity contribution in [2.24, 2.45) is 4.99 Å². The summed E-state index contributed by atoms with van der Waals surface area (Å²) in [5, 5.41) is 6.94. The van der Waals surface area contributed by atoms with E-state index in [1.165, 1.54) is 11.1 Å². The van der Waals surface area contributed by atoms with E-state index >= 15 is 0 Å². The molecule has 176 valence electrons. The van der Waals surface area contributed by atoms with E-state index < -0.39 is 0 Å². The van der Waals surface area contributed by atoms with Crippen LogP contribution in [-0.4, -0.2) is 60.5 Å². The molecule has 2 aromatic rings. The van der Waals surface area contributed by atoms with Crippen LogP contribution in [-0.2, 0) is 17.8 Å². The lowest BCUT2D eigenvalue weighted by Crippen LogP contribution is -2.49. The molecule has 0 saturated carbocycles. The van der Waals surface area contributed by atoms with Gasteiger partial charge in [0.2, 0.25) is 5.91 Å². The lowest BCUT2D eigenvalue weighted by atomic mass is 9.99. The third kappa shape index (κ3) is 6.46. The Morgan fingerprint density at radius 3 is 2.64 bits per heavy atom. The van der Waals surface area contributed by atoms with Gasteiger partial charge in [0, 0.05) is 57.9 Å². The molecule has 1 amide bonds. The fourth-order valence-electron chi connectivity index (χ4n) is 4.59. The lowest BCUT2D eigenvalue weighted by Gasteiger charge is -2.33. The minimum atomic E-state index is 0.236. The molecule has 0 aliphatic carbocycles. The molecule has 0 atom stereocenters. The Balaban J connectivity index is 1.20. The van der Waals surface area contributed by atoms with Gasteiger partial charge >= 0.3 is 0 Å². The van der Waals surface area contributed by atoms with Crippen LogP contribution in [0.4, 0.5) is 5.82 Å². The monoisotopic (exact) mass is 448 g/mol. The average Bonchev–Trinajstić information content (AvgIpc) is 2.87. The van der Waals surface area contributed by atoms with Crippen molar-refractivity contribution < 1.29 is 4.79 Å². The van der Waals surface area contributed by atoms with Crippen LogP contribution in [0.1, 0.15) is 43.7 Å². The van der Waals surface area contributed by atoms with E-state index in [-0.39, 0.29) is 5.91 Å². The number of guanidine groups is 1. The predicted octanol–water partition coefficient (Wildman–Crippen LogP) is 2.97. The van der Waals surface area contributed by atoms with Crippen LogP contribution in [0.15, 0.2) is 53.7 Å². The van der Waals surface area contributed by atoms with Crippen LogP contribution in [0.5, 0.6) is 0 Å². The summed E-state index contributed by atoms with van der Waals surface area (Å²) in [6.45, 7) is 7.09. The summed E-state index contributed by atoms with van der Waals surface area (Å²) >= 11 is 0. The topological polar surface area (TPSA) is 72.9 Å². The van der Waals surface area contributed by atoms with Gasteiger partial charge in [-0.05, 0) is 55.9 Å². The Kier molecular flexibility index (Phi) is 8.17. The summed E-state index contributed by atoms with van der Waals surface area (Å²) in [6, 6.07) is 14.9. The van der Waals surface area contributed by atoms with Crippen LogP contribution in [0.2, 0.25) is 0 Å². The maximum Gasteiger partial charge on any atom is 0.222 e. The molecule has 7 nitrogen and oxygen atoms in total. The number of aliphatic imine (C=N–C) groups is 1. The highest BCUT2D eigenvalue weighted by Crippen LogP contribution is 2.19. The van der Waals surface area contributed by atoms with Gasteiger partial charge in [0.1, 0.15) is 5.82 Å². The van der Waals surface area contributed by atoms with E-state index in [0.717, 1.165) is 70.2 Å². The molecule has 1 aromatic carbocycles. The first-order chi connectivity index (χ1) is 16.2. The second-order valence-corrected chi connectivity index (χ2v) is 8.79. The maximum absolute atomic E-state index is 12.7. The molecule has 2 aliphatic rings. The Morgan fingerprint density at radius 2 is 1.88 bits per heavy atom. The highest BCUT2D eigenvalue weighted by molar-refractivity contribution is 5.80. The maximum atomic E-state index is 12.7. The van der Waals surface area contributed by atoms with Crippen LogP contribution in [0, 0.1) is 0 Å². The van der Waals surface area contributed by atoms with Gasteiger partial charge in [-0.15, -0.1) is 0 Å². The molecule has 2 N–H and O–H groups in total. The largest absolute Gasteiger partial charge is 0.357 e. The molecule has 0 spiro atoms. The number of fused-ring (bicyclic) bond motifs is 1. The normalized spacial score (nSPS) is 16.9. The first-order valence-corrected chi connectivity index (χ1v) is 12.3. The molecule has 0 radical (unpaired) electrons. The fourth-order valence-corrected chi connectivity index (χ4v) is 4.59. The molecular formula is C26H36N6O. The zero-order valence-electron chi connectivity index (χ0n) is 19.7. The molecule has 7 heteroatoms. The zero-order valence-corrected chi connectivity index (χ0v) is 19.7. The molecule has 1 saturated heterocycles. The number of rotatable bonds is 7. The summed E-state index contributed by atoms with van der Waals surface area (Å²) in [4.78, 5) is 26.2. The minimum absolute atomic E-state index is 0.236. The first kappa shape index (κ1) is 23.1. The molecule has 1 aromatic heterocycles. The molecule has 33 heavy (non-hydrogen) atoms. The van der Waals surface area contributed by atoms with Crippen molar-refractivity contribution in [3.05, 3.63) is 59.8 Å². The van der Waals surface area contributed by atoms with Crippen LogP contribution >= 0.6 is 0 Å². The van der Waals surface area contributed by atoms with Crippen LogP contribution < -0.4 is 15.5 Å². The number of carbonyl (C=O) groups excluding carboxylic acids is 1. The van der Waals surface area contributed by atoms with Gasteiger partial charge in [-0.3, -0.25) is 9.79 Å². The molecule has 3 heterocycles. The lowest BCUT2D eigenvalue weighted by molar-refractivity contribution is -0.132. The van der Waals surface area contributed by atoms with Crippen molar-refractivity contribution in [2.75, 3.05) is 37.6 Å². The highest BCUT2D eigenvalue weighted by atomic mass is 16.2. The standard InChI is InChI=1S/C26H36N6O/c1-2-27-26(30-23-13-18-31(19-14-23)24-10-5-6-15-28-24)29-16-7-11-25(33)32-17-12-21-8-3-4-9-22(21)20-32/h3-6,8-10,15,23H,2,7,11-14,16-20H2,1H3,(H2,27,29,30). The average molecular weight is 449 g/mol. The van der Waals surface area contributed by atoms with E-state index in [9.17, 15) is 4.79 Å². The second-order valence-electron chi connectivity index (χ2n) is 8.79. The number of benzene rings is 1. The Hall–Kier alpha value is -3.09. The number of nitrogens with zero attached hydrogens (tertiary/aromatic N) is 4. The Morgan fingerprint density at radius 1 is 1.09 bits per heavy atom. The van der Waals surface area contributed by atoms with Crippen molar-refractivity contribution in [1.82, 2.24) is 20.5 Å². The summed E-state index contributed by atoms with van der Waals surface area (Å²) in [5.41, 5.74) is 2.65. The SMILES string of the molecule is CCNC(=NCCCC(=O)N1CCc2ccccc2C1)NC1CCN(c2ccccn2)CC1. The zero-order chi connectivity index (χ0) is 22.9.